The van der Waals surface area contributed by atoms with E-state index in [1.807, 2.05) is 42.8 Å². The molecule has 1 N–H and O–H groups in total. The molecule has 0 aliphatic carbocycles. The lowest BCUT2D eigenvalue weighted by Crippen LogP contribution is -2.44. The number of aromatic nitrogens is 1. The van der Waals surface area contributed by atoms with Crippen LogP contribution in [0.5, 0.6) is 0 Å². The van der Waals surface area contributed by atoms with Crippen LogP contribution in [0.25, 0.3) is 10.9 Å². The van der Waals surface area contributed by atoms with E-state index in [0.717, 1.165) is 28.1 Å². The Bertz CT molecular complexity index is 1240. The molecule has 0 bridgehead atoms. The summed E-state index contributed by atoms with van der Waals surface area (Å²) in [5, 5.41) is 4.38. The topological polar surface area (TPSA) is 63.6 Å². The highest BCUT2D eigenvalue weighted by atomic mass is 32.2. The zero-order valence-electron chi connectivity index (χ0n) is 19.4. The van der Waals surface area contributed by atoms with Gasteiger partial charge >= 0.3 is 6.18 Å². The lowest BCUT2D eigenvalue weighted by atomic mass is 10.0. The smallest absolute Gasteiger partial charge is 0.382 e. The minimum absolute atomic E-state index is 0.0124. The molecule has 1 aliphatic rings. The van der Waals surface area contributed by atoms with Gasteiger partial charge in [0.15, 0.2) is 0 Å². The van der Waals surface area contributed by atoms with Gasteiger partial charge in [-0.1, -0.05) is 36.0 Å². The first-order valence-electron chi connectivity index (χ1n) is 11.3. The highest BCUT2D eigenvalue weighted by molar-refractivity contribution is 8.00. The zero-order valence-corrected chi connectivity index (χ0v) is 20.2. The zero-order chi connectivity index (χ0) is 25.2. The molecular formula is C25H26F3N3O3S. The van der Waals surface area contributed by atoms with Gasteiger partial charge in [-0.25, -0.2) is 0 Å². The fourth-order valence-corrected chi connectivity index (χ4v) is 5.38. The maximum Gasteiger partial charge on any atom is 0.416 e. The van der Waals surface area contributed by atoms with Crippen molar-refractivity contribution in [1.29, 1.82) is 0 Å². The number of aryl methyl sites for hydroxylation is 1. The molecule has 0 spiro atoms. The van der Waals surface area contributed by atoms with Crippen molar-refractivity contribution in [3.8, 4) is 0 Å². The van der Waals surface area contributed by atoms with Crippen molar-refractivity contribution in [2.45, 2.75) is 30.6 Å². The normalized spacial score (nSPS) is 16.3. The number of benzene rings is 2. The van der Waals surface area contributed by atoms with Gasteiger partial charge in [-0.05, 0) is 37.6 Å². The maximum absolute atomic E-state index is 13.6. The number of carbonyl (C=O) groups excluding carboxylic acids is 2. The standard InChI is InChI=1S/C25H26F3N3O3S/c1-3-34-13-7-12-29-23(33)22-21-18-10-4-5-11-19(18)30(2)24(21)35-15-20(32)31(22)17-9-6-8-16(14-17)25(26,27)28/h4-6,8-11,14,22H,3,7,12-13,15H2,1-2H3,(H,29,33)/t22-/m0/s1. The van der Waals surface area contributed by atoms with E-state index in [1.54, 1.807) is 0 Å². The van der Waals surface area contributed by atoms with Gasteiger partial charge in [0, 0.05) is 49.0 Å². The summed E-state index contributed by atoms with van der Waals surface area (Å²) in [7, 11) is 1.86. The van der Waals surface area contributed by atoms with Crippen LogP contribution in [0.2, 0.25) is 0 Å². The Labute approximate surface area is 205 Å². The molecule has 0 radical (unpaired) electrons. The van der Waals surface area contributed by atoms with Crippen molar-refractivity contribution in [3.05, 3.63) is 59.7 Å². The second-order valence-electron chi connectivity index (χ2n) is 8.14. The van der Waals surface area contributed by atoms with E-state index < -0.39 is 29.6 Å². The first-order chi connectivity index (χ1) is 16.7. The summed E-state index contributed by atoms with van der Waals surface area (Å²) in [6.45, 7) is 3.22. The number of hydrogen-bond acceptors (Lipinski definition) is 4. The Kier molecular flexibility index (Phi) is 7.42. The number of para-hydroxylation sites is 1. The average molecular weight is 506 g/mol. The molecule has 6 nitrogen and oxygen atoms in total. The van der Waals surface area contributed by atoms with Crippen molar-refractivity contribution >= 4 is 40.2 Å². The maximum atomic E-state index is 13.6. The number of nitrogens with one attached hydrogen (secondary N) is 1. The highest BCUT2D eigenvalue weighted by Crippen LogP contribution is 2.44. The second-order valence-corrected chi connectivity index (χ2v) is 9.10. The van der Waals surface area contributed by atoms with Crippen LogP contribution in [-0.2, 0) is 27.5 Å². The van der Waals surface area contributed by atoms with Gasteiger partial charge in [-0.3, -0.25) is 14.5 Å². The van der Waals surface area contributed by atoms with Crippen LogP contribution in [0.1, 0.15) is 30.5 Å². The Morgan fingerprint density at radius 3 is 2.71 bits per heavy atom. The molecule has 2 aromatic carbocycles. The largest absolute Gasteiger partial charge is 0.416 e. The fourth-order valence-electron chi connectivity index (χ4n) is 4.31. The van der Waals surface area contributed by atoms with E-state index in [4.69, 9.17) is 4.74 Å². The number of nitrogens with zero attached hydrogens (tertiary/aromatic N) is 2. The van der Waals surface area contributed by atoms with Crippen molar-refractivity contribution in [1.82, 2.24) is 9.88 Å². The number of alkyl halides is 3. The van der Waals surface area contributed by atoms with Gasteiger partial charge in [0.25, 0.3) is 0 Å². The molecule has 0 unspecified atom stereocenters. The summed E-state index contributed by atoms with van der Waals surface area (Å²) >= 11 is 1.28. The molecule has 0 saturated heterocycles. The van der Waals surface area contributed by atoms with E-state index in [2.05, 4.69) is 5.32 Å². The van der Waals surface area contributed by atoms with E-state index >= 15 is 0 Å². The predicted octanol–water partition coefficient (Wildman–Crippen LogP) is 4.92. The Balaban J connectivity index is 1.83. The molecular weight excluding hydrogens is 479 g/mol. The quantitative estimate of drug-likeness (QED) is 0.463. The molecule has 1 aliphatic heterocycles. The van der Waals surface area contributed by atoms with Gasteiger partial charge in [-0.15, -0.1) is 0 Å². The molecule has 1 aromatic heterocycles. The first kappa shape index (κ1) is 25.1. The van der Waals surface area contributed by atoms with E-state index in [0.29, 0.717) is 31.7 Å². The van der Waals surface area contributed by atoms with Crippen molar-refractivity contribution < 1.29 is 27.5 Å². The average Bonchev–Trinajstić information content (AvgIpc) is 3.01. The molecule has 0 saturated carbocycles. The molecule has 0 fully saturated rings. The number of amides is 2. The summed E-state index contributed by atoms with van der Waals surface area (Å²) in [5.74, 6) is -0.905. The summed E-state index contributed by atoms with van der Waals surface area (Å²) in [4.78, 5) is 28.2. The lowest BCUT2D eigenvalue weighted by Gasteiger charge is -2.30. The summed E-state index contributed by atoms with van der Waals surface area (Å²) in [6, 6.07) is 10.9. The van der Waals surface area contributed by atoms with Crippen LogP contribution in [0.3, 0.4) is 0 Å². The third-order valence-corrected chi connectivity index (χ3v) is 7.05. The Hall–Kier alpha value is -2.98. The molecule has 186 valence electrons. The van der Waals surface area contributed by atoms with Gasteiger partial charge in [0.1, 0.15) is 6.04 Å². The van der Waals surface area contributed by atoms with Crippen molar-refractivity contribution in [3.63, 3.8) is 0 Å². The number of carbonyl (C=O) groups is 2. The van der Waals surface area contributed by atoms with E-state index in [9.17, 15) is 22.8 Å². The van der Waals surface area contributed by atoms with Crippen LogP contribution >= 0.6 is 11.8 Å². The van der Waals surface area contributed by atoms with Crippen LogP contribution in [0.15, 0.2) is 53.6 Å². The summed E-state index contributed by atoms with van der Waals surface area (Å²) < 4.78 is 47.7. The van der Waals surface area contributed by atoms with Crippen LogP contribution in [-0.4, -0.2) is 41.9 Å². The van der Waals surface area contributed by atoms with E-state index in [1.165, 1.54) is 28.8 Å². The number of thioether (sulfide) groups is 1. The predicted molar refractivity (Wildman–Crippen MR) is 129 cm³/mol. The molecule has 4 rings (SSSR count). The minimum atomic E-state index is -4.58. The molecule has 10 heteroatoms. The van der Waals surface area contributed by atoms with Crippen molar-refractivity contribution in [2.75, 3.05) is 30.4 Å². The number of ether oxygens (including phenoxy) is 1. The van der Waals surface area contributed by atoms with Crippen LogP contribution < -0.4 is 10.2 Å². The molecule has 3 aromatic rings. The van der Waals surface area contributed by atoms with Gasteiger partial charge in [0.2, 0.25) is 11.8 Å². The SMILES string of the molecule is CCOCCCNC(=O)[C@@H]1c2c(n(C)c3ccccc23)SCC(=O)N1c1cccc(C(F)(F)F)c1. The summed E-state index contributed by atoms with van der Waals surface area (Å²) in [5.41, 5.74) is 0.630. The second kappa shape index (κ2) is 10.3. The molecule has 1 atom stereocenters. The highest BCUT2D eigenvalue weighted by Gasteiger charge is 2.40. The fraction of sp³-hybridized carbons (Fsp3) is 0.360. The van der Waals surface area contributed by atoms with Gasteiger partial charge < -0.3 is 14.6 Å². The minimum Gasteiger partial charge on any atom is -0.382 e. The number of rotatable bonds is 7. The lowest BCUT2D eigenvalue weighted by molar-refractivity contribution is -0.137. The number of anilines is 1. The van der Waals surface area contributed by atoms with Gasteiger partial charge in [-0.2, -0.15) is 13.2 Å². The van der Waals surface area contributed by atoms with Crippen LogP contribution in [0, 0.1) is 0 Å². The van der Waals surface area contributed by atoms with E-state index in [-0.39, 0.29) is 11.4 Å². The Morgan fingerprint density at radius 2 is 1.97 bits per heavy atom. The summed E-state index contributed by atoms with van der Waals surface area (Å²) in [6.07, 6.45) is -4.01. The number of hydrogen-bond donors (Lipinski definition) is 1. The monoisotopic (exact) mass is 505 g/mol. The first-order valence-corrected chi connectivity index (χ1v) is 12.3. The van der Waals surface area contributed by atoms with Gasteiger partial charge in [0.05, 0.1) is 16.3 Å². The molecule has 35 heavy (non-hydrogen) atoms. The third kappa shape index (κ3) is 5.04. The van der Waals surface area contributed by atoms with Crippen molar-refractivity contribution in [2.24, 2.45) is 7.05 Å². The Morgan fingerprint density at radius 1 is 1.20 bits per heavy atom. The number of halogens is 3. The number of fused-ring (bicyclic) bond motifs is 3. The molecule has 2 amide bonds. The van der Waals surface area contributed by atoms with Crippen LogP contribution in [0.4, 0.5) is 18.9 Å². The molecule has 2 heterocycles. The third-order valence-electron chi connectivity index (χ3n) is 5.89.